The summed E-state index contributed by atoms with van der Waals surface area (Å²) in [7, 11) is 0. The van der Waals surface area contributed by atoms with Crippen molar-refractivity contribution in [2.24, 2.45) is 0 Å². The minimum absolute atomic E-state index is 0.751. The summed E-state index contributed by atoms with van der Waals surface area (Å²) in [5.74, 6) is 1.84. The first kappa shape index (κ1) is 25.9. The van der Waals surface area contributed by atoms with Crippen LogP contribution in [-0.2, 0) is 0 Å². The fraction of sp³-hybridized carbons (Fsp3) is 0.212. The number of unbranched alkanes of at least 4 members (excludes halogenated alkanes) is 4. The van der Waals surface area contributed by atoms with Crippen LogP contribution in [0.15, 0.2) is 97.3 Å². The standard InChI is InChI=1S/C33H34N2O2/c1(2-8-26-36-32-20-14-28(15-21-32)12-18-30-10-4-6-24-34-30)3-9-27-37-33-22-16-29(17-23-33)13-19-31-11-5-7-25-35-31/h4-7,10-25H,1-3,8-9,26-27H2/b18-12+,19-13+. The number of aromatic nitrogens is 2. The lowest BCUT2D eigenvalue weighted by Gasteiger charge is -2.08. The summed E-state index contributed by atoms with van der Waals surface area (Å²) in [5, 5.41) is 0. The highest BCUT2D eigenvalue weighted by Gasteiger charge is 1.98. The predicted molar refractivity (Wildman–Crippen MR) is 153 cm³/mol. The van der Waals surface area contributed by atoms with Gasteiger partial charge < -0.3 is 9.47 Å². The maximum atomic E-state index is 5.89. The fourth-order valence-corrected chi connectivity index (χ4v) is 3.78. The van der Waals surface area contributed by atoms with Crippen LogP contribution >= 0.6 is 0 Å². The number of benzene rings is 2. The normalized spacial score (nSPS) is 11.2. The quantitative estimate of drug-likeness (QED) is 0.167. The van der Waals surface area contributed by atoms with E-state index in [4.69, 9.17) is 9.47 Å². The highest BCUT2D eigenvalue weighted by atomic mass is 16.5. The van der Waals surface area contributed by atoms with Crippen LogP contribution < -0.4 is 9.47 Å². The molecule has 2 heterocycles. The van der Waals surface area contributed by atoms with Crippen molar-refractivity contribution in [3.63, 3.8) is 0 Å². The summed E-state index contributed by atoms with van der Waals surface area (Å²) in [4.78, 5) is 8.60. The Kier molecular flexibility index (Phi) is 10.5. The van der Waals surface area contributed by atoms with Crippen molar-refractivity contribution >= 4 is 24.3 Å². The second kappa shape index (κ2) is 15.0. The van der Waals surface area contributed by atoms with Gasteiger partial charge in [-0.3, -0.25) is 9.97 Å². The van der Waals surface area contributed by atoms with Crippen molar-refractivity contribution in [1.82, 2.24) is 9.97 Å². The monoisotopic (exact) mass is 490 g/mol. The molecule has 4 nitrogen and oxygen atoms in total. The summed E-state index contributed by atoms with van der Waals surface area (Å²) in [5.41, 5.74) is 4.17. The van der Waals surface area contributed by atoms with Gasteiger partial charge in [-0.2, -0.15) is 0 Å². The first-order chi connectivity index (χ1) is 18.3. The zero-order valence-corrected chi connectivity index (χ0v) is 21.2. The third-order valence-electron chi connectivity index (χ3n) is 5.85. The van der Waals surface area contributed by atoms with Gasteiger partial charge in [-0.05, 0) is 84.7 Å². The number of hydrogen-bond acceptors (Lipinski definition) is 4. The van der Waals surface area contributed by atoms with Gasteiger partial charge in [0, 0.05) is 12.4 Å². The molecule has 0 atom stereocenters. The van der Waals surface area contributed by atoms with Gasteiger partial charge in [0.2, 0.25) is 0 Å². The zero-order chi connectivity index (χ0) is 25.4. The van der Waals surface area contributed by atoms with Crippen molar-refractivity contribution in [2.75, 3.05) is 13.2 Å². The third kappa shape index (κ3) is 9.77. The zero-order valence-electron chi connectivity index (χ0n) is 21.2. The van der Waals surface area contributed by atoms with E-state index in [0.717, 1.165) is 60.1 Å². The number of hydrogen-bond donors (Lipinski definition) is 0. The van der Waals surface area contributed by atoms with Crippen LogP contribution in [0.4, 0.5) is 0 Å². The minimum Gasteiger partial charge on any atom is -0.494 e. The molecular weight excluding hydrogens is 456 g/mol. The molecule has 4 rings (SSSR count). The molecule has 4 heteroatoms. The molecule has 0 saturated heterocycles. The Morgan fingerprint density at radius 2 is 0.892 bits per heavy atom. The molecular formula is C33H34N2O2. The van der Waals surface area contributed by atoms with Gasteiger partial charge in [0.25, 0.3) is 0 Å². The molecule has 0 aliphatic rings. The summed E-state index contributed by atoms with van der Waals surface area (Å²) < 4.78 is 11.8. The summed E-state index contributed by atoms with van der Waals surface area (Å²) in [6.07, 6.45) is 17.4. The molecule has 0 radical (unpaired) electrons. The smallest absolute Gasteiger partial charge is 0.119 e. The van der Waals surface area contributed by atoms with Gasteiger partial charge in [-0.25, -0.2) is 0 Å². The summed E-state index contributed by atoms with van der Waals surface area (Å²) in [6, 6.07) is 28.2. The van der Waals surface area contributed by atoms with Gasteiger partial charge in [0.1, 0.15) is 11.5 Å². The second-order valence-electron chi connectivity index (χ2n) is 8.78. The molecule has 0 saturated carbocycles. The molecule has 0 aliphatic heterocycles. The molecule has 2 aromatic carbocycles. The van der Waals surface area contributed by atoms with E-state index in [9.17, 15) is 0 Å². The van der Waals surface area contributed by atoms with Crippen LogP contribution in [0.3, 0.4) is 0 Å². The topological polar surface area (TPSA) is 44.2 Å². The number of ether oxygens (including phenoxy) is 2. The summed E-state index contributed by atoms with van der Waals surface area (Å²) >= 11 is 0. The lowest BCUT2D eigenvalue weighted by atomic mass is 10.1. The molecule has 2 aromatic heterocycles. The number of nitrogens with zero attached hydrogens (tertiary/aromatic N) is 2. The maximum Gasteiger partial charge on any atom is 0.119 e. The van der Waals surface area contributed by atoms with E-state index in [2.05, 4.69) is 46.4 Å². The van der Waals surface area contributed by atoms with Crippen molar-refractivity contribution in [3.05, 3.63) is 120 Å². The molecule has 4 aromatic rings. The van der Waals surface area contributed by atoms with Gasteiger partial charge in [-0.15, -0.1) is 0 Å². The van der Waals surface area contributed by atoms with Crippen molar-refractivity contribution < 1.29 is 9.47 Å². The lowest BCUT2D eigenvalue weighted by Crippen LogP contribution is -1.99. The van der Waals surface area contributed by atoms with Gasteiger partial charge in [-0.1, -0.05) is 67.8 Å². The Balaban J connectivity index is 1.03. The fourth-order valence-electron chi connectivity index (χ4n) is 3.78. The van der Waals surface area contributed by atoms with Gasteiger partial charge >= 0.3 is 0 Å². The molecule has 0 fully saturated rings. The Hall–Kier alpha value is -4.18. The van der Waals surface area contributed by atoms with Crippen LogP contribution in [-0.4, -0.2) is 23.2 Å². The van der Waals surface area contributed by atoms with Crippen molar-refractivity contribution in [3.8, 4) is 11.5 Å². The van der Waals surface area contributed by atoms with Crippen LogP contribution in [0.2, 0.25) is 0 Å². The number of pyridine rings is 2. The van der Waals surface area contributed by atoms with E-state index < -0.39 is 0 Å². The molecule has 0 unspecified atom stereocenters. The minimum atomic E-state index is 0.751. The molecule has 0 spiro atoms. The van der Waals surface area contributed by atoms with Crippen molar-refractivity contribution in [2.45, 2.75) is 32.1 Å². The van der Waals surface area contributed by atoms with Crippen LogP contribution in [0, 0.1) is 0 Å². The van der Waals surface area contributed by atoms with E-state index in [0.29, 0.717) is 0 Å². The lowest BCUT2D eigenvalue weighted by molar-refractivity contribution is 0.293. The van der Waals surface area contributed by atoms with E-state index >= 15 is 0 Å². The average molecular weight is 491 g/mol. The Labute approximate surface area is 220 Å². The van der Waals surface area contributed by atoms with Gasteiger partial charge in [0.15, 0.2) is 0 Å². The number of rotatable bonds is 14. The third-order valence-corrected chi connectivity index (χ3v) is 5.85. The maximum absolute atomic E-state index is 5.89. The molecule has 188 valence electrons. The largest absolute Gasteiger partial charge is 0.494 e. The molecule has 0 amide bonds. The molecule has 37 heavy (non-hydrogen) atoms. The summed E-state index contributed by atoms with van der Waals surface area (Å²) in [6.45, 7) is 1.50. The highest BCUT2D eigenvalue weighted by molar-refractivity contribution is 5.68. The van der Waals surface area contributed by atoms with Crippen molar-refractivity contribution in [1.29, 1.82) is 0 Å². The molecule has 0 N–H and O–H groups in total. The SMILES string of the molecule is C(=C\c1ccccn1)/c1ccc(OCCCCCCCOc2ccc(/C=C/c3ccccn3)cc2)cc1. The Morgan fingerprint density at radius 1 is 0.459 bits per heavy atom. The highest BCUT2D eigenvalue weighted by Crippen LogP contribution is 2.16. The van der Waals surface area contributed by atoms with E-state index in [-0.39, 0.29) is 0 Å². The van der Waals surface area contributed by atoms with E-state index in [1.165, 1.54) is 19.3 Å². The first-order valence-electron chi connectivity index (χ1n) is 13.0. The average Bonchev–Trinajstić information content (AvgIpc) is 2.96. The second-order valence-corrected chi connectivity index (χ2v) is 8.78. The van der Waals surface area contributed by atoms with E-state index in [1.54, 1.807) is 12.4 Å². The van der Waals surface area contributed by atoms with Gasteiger partial charge in [0.05, 0.1) is 24.6 Å². The molecule has 0 bridgehead atoms. The first-order valence-corrected chi connectivity index (χ1v) is 13.0. The Morgan fingerprint density at radius 3 is 1.30 bits per heavy atom. The predicted octanol–water partition coefficient (Wildman–Crippen LogP) is 8.23. The van der Waals surface area contributed by atoms with Crippen LogP contribution in [0.5, 0.6) is 11.5 Å². The van der Waals surface area contributed by atoms with Crippen LogP contribution in [0.1, 0.15) is 54.6 Å². The Bertz CT molecular complexity index is 1120. The van der Waals surface area contributed by atoms with E-state index in [1.807, 2.05) is 72.8 Å². The molecule has 0 aliphatic carbocycles. The van der Waals surface area contributed by atoms with Crippen LogP contribution in [0.25, 0.3) is 24.3 Å².